The molecular formula is C18H19NO. The quantitative estimate of drug-likeness (QED) is 0.689. The van der Waals surface area contributed by atoms with Gasteiger partial charge >= 0.3 is 0 Å². The van der Waals surface area contributed by atoms with Crippen molar-refractivity contribution < 1.29 is 4.74 Å². The lowest BCUT2D eigenvalue weighted by Crippen LogP contribution is -2.02. The predicted octanol–water partition coefficient (Wildman–Crippen LogP) is 4.20. The standard InChI is InChI=1S/C18H19NO/c1-14-13-16-5-3-4-6-18(16)19(14)12-11-15-7-9-17(20-2)10-8-15/h3-10,13H,11-12H2,1-2H3. The first-order chi connectivity index (χ1) is 9.78. The van der Waals surface area contributed by atoms with E-state index < -0.39 is 0 Å². The Morgan fingerprint density at radius 3 is 2.50 bits per heavy atom. The highest BCUT2D eigenvalue weighted by Gasteiger charge is 2.05. The van der Waals surface area contributed by atoms with Crippen LogP contribution in [0.1, 0.15) is 11.3 Å². The van der Waals surface area contributed by atoms with Crippen LogP contribution in [0.15, 0.2) is 54.6 Å². The van der Waals surface area contributed by atoms with E-state index in [1.165, 1.54) is 22.2 Å². The molecule has 2 heteroatoms. The lowest BCUT2D eigenvalue weighted by Gasteiger charge is -2.09. The van der Waals surface area contributed by atoms with Gasteiger partial charge in [0.15, 0.2) is 0 Å². The summed E-state index contributed by atoms with van der Waals surface area (Å²) in [5.74, 6) is 0.913. The number of rotatable bonds is 4. The number of ether oxygens (including phenoxy) is 1. The van der Waals surface area contributed by atoms with E-state index in [1.54, 1.807) is 7.11 Å². The Balaban J connectivity index is 1.80. The first-order valence-corrected chi connectivity index (χ1v) is 6.96. The summed E-state index contributed by atoms with van der Waals surface area (Å²) < 4.78 is 7.58. The van der Waals surface area contributed by atoms with Gasteiger partial charge in [-0.15, -0.1) is 0 Å². The van der Waals surface area contributed by atoms with Crippen molar-refractivity contribution >= 4 is 10.9 Å². The number of methoxy groups -OCH3 is 1. The monoisotopic (exact) mass is 265 g/mol. The molecule has 0 atom stereocenters. The molecule has 0 N–H and O–H groups in total. The van der Waals surface area contributed by atoms with Gasteiger partial charge in [-0.2, -0.15) is 0 Å². The third-order valence-electron chi connectivity index (χ3n) is 3.80. The van der Waals surface area contributed by atoms with Crippen molar-refractivity contribution in [3.05, 3.63) is 65.9 Å². The second-order valence-corrected chi connectivity index (χ2v) is 5.09. The molecule has 1 heterocycles. The van der Waals surface area contributed by atoms with Crippen molar-refractivity contribution in [2.24, 2.45) is 0 Å². The van der Waals surface area contributed by atoms with Crippen LogP contribution in [-0.2, 0) is 13.0 Å². The Kier molecular flexibility index (Phi) is 3.46. The summed E-state index contributed by atoms with van der Waals surface area (Å²) in [6.07, 6.45) is 1.03. The molecule has 0 spiro atoms. The van der Waals surface area contributed by atoms with Gasteiger partial charge in [0.05, 0.1) is 7.11 Å². The molecule has 2 nitrogen and oxygen atoms in total. The normalized spacial score (nSPS) is 10.9. The first-order valence-electron chi connectivity index (χ1n) is 6.96. The smallest absolute Gasteiger partial charge is 0.118 e. The van der Waals surface area contributed by atoms with Gasteiger partial charge < -0.3 is 9.30 Å². The molecular weight excluding hydrogens is 246 g/mol. The molecule has 102 valence electrons. The van der Waals surface area contributed by atoms with E-state index in [0.29, 0.717) is 0 Å². The summed E-state index contributed by atoms with van der Waals surface area (Å²) in [4.78, 5) is 0. The van der Waals surface area contributed by atoms with Gasteiger partial charge in [-0.1, -0.05) is 30.3 Å². The molecule has 0 saturated heterocycles. The van der Waals surface area contributed by atoms with Gasteiger partial charge in [-0.25, -0.2) is 0 Å². The molecule has 0 unspecified atom stereocenters. The zero-order chi connectivity index (χ0) is 13.9. The van der Waals surface area contributed by atoms with Crippen LogP contribution in [0.4, 0.5) is 0 Å². The summed E-state index contributed by atoms with van der Waals surface area (Å²) in [5.41, 5.74) is 3.97. The number of aromatic nitrogens is 1. The molecule has 0 amide bonds. The lowest BCUT2D eigenvalue weighted by molar-refractivity contribution is 0.414. The molecule has 0 bridgehead atoms. The topological polar surface area (TPSA) is 14.2 Å². The van der Waals surface area contributed by atoms with Crippen LogP contribution in [0.2, 0.25) is 0 Å². The summed E-state index contributed by atoms with van der Waals surface area (Å²) in [6, 6.07) is 19.1. The fourth-order valence-electron chi connectivity index (χ4n) is 2.68. The Morgan fingerprint density at radius 2 is 1.75 bits per heavy atom. The number of para-hydroxylation sites is 1. The van der Waals surface area contributed by atoms with Crippen molar-refractivity contribution in [2.75, 3.05) is 7.11 Å². The predicted molar refractivity (Wildman–Crippen MR) is 83.4 cm³/mol. The molecule has 1 aromatic heterocycles. The van der Waals surface area contributed by atoms with E-state index in [0.717, 1.165) is 18.7 Å². The number of hydrogen-bond acceptors (Lipinski definition) is 1. The maximum Gasteiger partial charge on any atom is 0.118 e. The van der Waals surface area contributed by atoms with Crippen LogP contribution >= 0.6 is 0 Å². The third kappa shape index (κ3) is 2.42. The average molecular weight is 265 g/mol. The average Bonchev–Trinajstić information content (AvgIpc) is 2.81. The van der Waals surface area contributed by atoms with Crippen LogP contribution in [0.25, 0.3) is 10.9 Å². The highest BCUT2D eigenvalue weighted by Crippen LogP contribution is 2.20. The van der Waals surface area contributed by atoms with E-state index in [1.807, 2.05) is 12.1 Å². The molecule has 0 aliphatic carbocycles. The Morgan fingerprint density at radius 1 is 1.00 bits per heavy atom. The number of fused-ring (bicyclic) bond motifs is 1. The van der Waals surface area contributed by atoms with Crippen molar-refractivity contribution in [1.82, 2.24) is 4.57 Å². The van der Waals surface area contributed by atoms with E-state index in [-0.39, 0.29) is 0 Å². The highest BCUT2D eigenvalue weighted by molar-refractivity contribution is 5.81. The van der Waals surface area contributed by atoms with Gasteiger partial charge in [0.25, 0.3) is 0 Å². The lowest BCUT2D eigenvalue weighted by atomic mass is 10.1. The summed E-state index contributed by atoms with van der Waals surface area (Å²) in [7, 11) is 1.70. The number of aryl methyl sites for hydroxylation is 3. The van der Waals surface area contributed by atoms with Crippen LogP contribution < -0.4 is 4.74 Å². The van der Waals surface area contributed by atoms with Crippen LogP contribution in [0, 0.1) is 6.92 Å². The first kappa shape index (κ1) is 12.8. The van der Waals surface area contributed by atoms with Crippen LogP contribution in [0.3, 0.4) is 0 Å². The Labute approximate surface area is 119 Å². The molecule has 3 rings (SSSR count). The maximum absolute atomic E-state index is 5.19. The minimum Gasteiger partial charge on any atom is -0.497 e. The molecule has 2 aromatic carbocycles. The van der Waals surface area contributed by atoms with Crippen molar-refractivity contribution in [1.29, 1.82) is 0 Å². The minimum absolute atomic E-state index is 0.913. The second kappa shape index (κ2) is 5.41. The van der Waals surface area contributed by atoms with Crippen LogP contribution in [-0.4, -0.2) is 11.7 Å². The number of benzene rings is 2. The van der Waals surface area contributed by atoms with Crippen molar-refractivity contribution in [3.63, 3.8) is 0 Å². The molecule has 20 heavy (non-hydrogen) atoms. The van der Waals surface area contributed by atoms with Gasteiger partial charge in [0.1, 0.15) is 5.75 Å². The van der Waals surface area contributed by atoms with Gasteiger partial charge in [-0.3, -0.25) is 0 Å². The van der Waals surface area contributed by atoms with E-state index in [4.69, 9.17) is 4.74 Å². The van der Waals surface area contributed by atoms with Gasteiger partial charge in [-0.05, 0) is 48.6 Å². The van der Waals surface area contributed by atoms with Crippen molar-refractivity contribution in [3.8, 4) is 5.75 Å². The van der Waals surface area contributed by atoms with Gasteiger partial charge in [0.2, 0.25) is 0 Å². The zero-order valence-corrected chi connectivity index (χ0v) is 12.0. The Bertz CT molecular complexity index is 710. The number of hydrogen-bond donors (Lipinski definition) is 0. The number of nitrogens with zero attached hydrogens (tertiary/aromatic N) is 1. The Hall–Kier alpha value is -2.22. The SMILES string of the molecule is COc1ccc(CCn2c(C)cc3ccccc32)cc1. The molecule has 0 radical (unpaired) electrons. The fraction of sp³-hybridized carbons (Fsp3) is 0.222. The van der Waals surface area contributed by atoms with Crippen molar-refractivity contribution in [2.45, 2.75) is 19.9 Å². The van der Waals surface area contributed by atoms with Crippen LogP contribution in [0.5, 0.6) is 5.75 Å². The molecule has 0 saturated carbocycles. The summed E-state index contributed by atoms with van der Waals surface area (Å²) in [5, 5.41) is 1.32. The summed E-state index contributed by atoms with van der Waals surface area (Å²) in [6.45, 7) is 3.18. The maximum atomic E-state index is 5.19. The fourth-order valence-corrected chi connectivity index (χ4v) is 2.68. The molecule has 0 fully saturated rings. The highest BCUT2D eigenvalue weighted by atomic mass is 16.5. The van der Waals surface area contributed by atoms with E-state index in [2.05, 4.69) is 54.0 Å². The molecule has 3 aromatic rings. The second-order valence-electron chi connectivity index (χ2n) is 5.09. The van der Waals surface area contributed by atoms with E-state index >= 15 is 0 Å². The van der Waals surface area contributed by atoms with E-state index in [9.17, 15) is 0 Å². The molecule has 0 aliphatic rings. The largest absolute Gasteiger partial charge is 0.497 e. The summed E-state index contributed by atoms with van der Waals surface area (Å²) >= 11 is 0. The zero-order valence-electron chi connectivity index (χ0n) is 12.0. The minimum atomic E-state index is 0.913. The molecule has 0 aliphatic heterocycles. The van der Waals surface area contributed by atoms with Gasteiger partial charge in [0, 0.05) is 17.8 Å². The third-order valence-corrected chi connectivity index (χ3v) is 3.80.